The van der Waals surface area contributed by atoms with Crippen LogP contribution in [0.5, 0.6) is 0 Å². The number of aromatic nitrogens is 1. The Bertz CT molecular complexity index is 375. The molecule has 0 spiro atoms. The summed E-state index contributed by atoms with van der Waals surface area (Å²) >= 11 is 3.30. The standard InChI is InChI=1S/C12H15BrN2O2/c13-9-3-5-11(14-8-9)15-12(16)6-4-10-2-1-7-17-10/h3,5,8,10H,1-2,4,6-7H2,(H,14,15,16). The molecule has 4 nitrogen and oxygen atoms in total. The smallest absolute Gasteiger partial charge is 0.225 e. The highest BCUT2D eigenvalue weighted by Gasteiger charge is 2.16. The molecular formula is C12H15BrN2O2. The highest BCUT2D eigenvalue weighted by Crippen LogP contribution is 2.17. The van der Waals surface area contributed by atoms with Gasteiger partial charge in [-0.2, -0.15) is 0 Å². The minimum absolute atomic E-state index is 0.00433. The van der Waals surface area contributed by atoms with E-state index in [0.29, 0.717) is 12.2 Å². The highest BCUT2D eigenvalue weighted by atomic mass is 79.9. The second-order valence-corrected chi connectivity index (χ2v) is 5.00. The number of carbonyl (C=O) groups is 1. The summed E-state index contributed by atoms with van der Waals surface area (Å²) in [5, 5.41) is 2.77. The number of anilines is 1. The van der Waals surface area contributed by atoms with Gasteiger partial charge in [-0.3, -0.25) is 4.79 Å². The zero-order valence-corrected chi connectivity index (χ0v) is 11.1. The molecule has 1 N–H and O–H groups in total. The van der Waals surface area contributed by atoms with E-state index in [4.69, 9.17) is 4.74 Å². The fourth-order valence-electron chi connectivity index (χ4n) is 1.82. The molecule has 1 aliphatic heterocycles. The second kappa shape index (κ2) is 6.12. The summed E-state index contributed by atoms with van der Waals surface area (Å²) in [5.74, 6) is 0.584. The minimum Gasteiger partial charge on any atom is -0.378 e. The third-order valence-electron chi connectivity index (χ3n) is 2.71. The van der Waals surface area contributed by atoms with Gasteiger partial charge in [-0.25, -0.2) is 4.98 Å². The van der Waals surface area contributed by atoms with Gasteiger partial charge < -0.3 is 10.1 Å². The molecule has 1 aliphatic rings. The molecule has 1 aromatic heterocycles. The Kier molecular flexibility index (Phi) is 4.50. The normalized spacial score (nSPS) is 19.2. The lowest BCUT2D eigenvalue weighted by atomic mass is 10.1. The molecular weight excluding hydrogens is 284 g/mol. The van der Waals surface area contributed by atoms with Crippen molar-refractivity contribution >= 4 is 27.7 Å². The lowest BCUT2D eigenvalue weighted by molar-refractivity contribution is -0.116. The fourth-order valence-corrected chi connectivity index (χ4v) is 2.05. The Morgan fingerprint density at radius 2 is 2.47 bits per heavy atom. The molecule has 1 aromatic rings. The summed E-state index contributed by atoms with van der Waals surface area (Å²) in [7, 11) is 0. The summed E-state index contributed by atoms with van der Waals surface area (Å²) in [4.78, 5) is 15.7. The fraction of sp³-hybridized carbons (Fsp3) is 0.500. The molecule has 0 radical (unpaired) electrons. The maximum atomic E-state index is 11.6. The van der Waals surface area contributed by atoms with Crippen LogP contribution >= 0.6 is 15.9 Å². The van der Waals surface area contributed by atoms with E-state index in [2.05, 4.69) is 26.2 Å². The Balaban J connectivity index is 1.74. The van der Waals surface area contributed by atoms with Crippen LogP contribution in [0.25, 0.3) is 0 Å². The maximum Gasteiger partial charge on any atom is 0.225 e. The molecule has 1 unspecified atom stereocenters. The third kappa shape index (κ3) is 4.09. The van der Waals surface area contributed by atoms with Crippen molar-refractivity contribution in [2.45, 2.75) is 31.8 Å². The van der Waals surface area contributed by atoms with Crippen LogP contribution < -0.4 is 5.32 Å². The summed E-state index contributed by atoms with van der Waals surface area (Å²) in [5.41, 5.74) is 0. The van der Waals surface area contributed by atoms with E-state index < -0.39 is 0 Å². The molecule has 92 valence electrons. The largest absolute Gasteiger partial charge is 0.378 e. The lowest BCUT2D eigenvalue weighted by Gasteiger charge is -2.08. The van der Waals surface area contributed by atoms with Crippen molar-refractivity contribution in [2.75, 3.05) is 11.9 Å². The van der Waals surface area contributed by atoms with Crippen LogP contribution in [0.2, 0.25) is 0 Å². The van der Waals surface area contributed by atoms with Gasteiger partial charge in [-0.15, -0.1) is 0 Å². The molecule has 0 aromatic carbocycles. The van der Waals surface area contributed by atoms with E-state index in [1.807, 2.05) is 6.07 Å². The molecule has 1 saturated heterocycles. The number of ether oxygens (including phenoxy) is 1. The van der Waals surface area contributed by atoms with Crippen molar-refractivity contribution in [1.82, 2.24) is 4.98 Å². The van der Waals surface area contributed by atoms with E-state index in [9.17, 15) is 4.79 Å². The monoisotopic (exact) mass is 298 g/mol. The van der Waals surface area contributed by atoms with Gasteiger partial charge in [0.15, 0.2) is 0 Å². The van der Waals surface area contributed by atoms with E-state index in [1.165, 1.54) is 0 Å². The first-order valence-corrected chi connectivity index (χ1v) is 6.56. The van der Waals surface area contributed by atoms with Crippen molar-refractivity contribution < 1.29 is 9.53 Å². The summed E-state index contributed by atoms with van der Waals surface area (Å²) in [6.45, 7) is 0.834. The molecule has 0 bridgehead atoms. The number of hydrogen-bond acceptors (Lipinski definition) is 3. The predicted molar refractivity (Wildman–Crippen MR) is 68.8 cm³/mol. The Hall–Kier alpha value is -0.940. The van der Waals surface area contributed by atoms with Gasteiger partial charge in [0.2, 0.25) is 5.91 Å². The predicted octanol–water partition coefficient (Wildman–Crippen LogP) is 2.74. The lowest BCUT2D eigenvalue weighted by Crippen LogP contribution is -2.15. The number of nitrogens with one attached hydrogen (secondary N) is 1. The van der Waals surface area contributed by atoms with Crippen LogP contribution in [-0.2, 0) is 9.53 Å². The quantitative estimate of drug-likeness (QED) is 0.930. The van der Waals surface area contributed by atoms with Gasteiger partial charge >= 0.3 is 0 Å². The molecule has 5 heteroatoms. The van der Waals surface area contributed by atoms with Crippen molar-refractivity contribution in [2.24, 2.45) is 0 Å². The topological polar surface area (TPSA) is 51.2 Å². The van der Waals surface area contributed by atoms with Gasteiger partial charge in [-0.05, 0) is 47.3 Å². The zero-order chi connectivity index (χ0) is 12.1. The van der Waals surface area contributed by atoms with Crippen LogP contribution in [-0.4, -0.2) is 23.6 Å². The molecule has 2 heterocycles. The van der Waals surface area contributed by atoms with E-state index in [0.717, 1.165) is 30.3 Å². The Morgan fingerprint density at radius 3 is 3.12 bits per heavy atom. The van der Waals surface area contributed by atoms with Crippen LogP contribution in [0, 0.1) is 0 Å². The number of rotatable bonds is 4. The molecule has 1 fully saturated rings. The molecule has 17 heavy (non-hydrogen) atoms. The van der Waals surface area contributed by atoms with Crippen LogP contribution in [0.15, 0.2) is 22.8 Å². The van der Waals surface area contributed by atoms with Gasteiger partial charge in [-0.1, -0.05) is 0 Å². The molecule has 1 atom stereocenters. The highest BCUT2D eigenvalue weighted by molar-refractivity contribution is 9.10. The van der Waals surface area contributed by atoms with Crippen LogP contribution in [0.1, 0.15) is 25.7 Å². The van der Waals surface area contributed by atoms with Gasteiger partial charge in [0.1, 0.15) is 5.82 Å². The van der Waals surface area contributed by atoms with Crippen molar-refractivity contribution in [3.63, 3.8) is 0 Å². The Labute approximate surface area is 109 Å². The van der Waals surface area contributed by atoms with E-state index in [1.54, 1.807) is 12.3 Å². The summed E-state index contributed by atoms with van der Waals surface area (Å²) in [6, 6.07) is 3.62. The Morgan fingerprint density at radius 1 is 1.59 bits per heavy atom. The summed E-state index contributed by atoms with van der Waals surface area (Å²) in [6.07, 6.45) is 5.39. The molecule has 2 rings (SSSR count). The minimum atomic E-state index is -0.00433. The van der Waals surface area contributed by atoms with E-state index >= 15 is 0 Å². The van der Waals surface area contributed by atoms with Gasteiger partial charge in [0.25, 0.3) is 0 Å². The van der Waals surface area contributed by atoms with Gasteiger partial charge in [0.05, 0.1) is 6.10 Å². The average molecular weight is 299 g/mol. The van der Waals surface area contributed by atoms with Crippen LogP contribution in [0.3, 0.4) is 0 Å². The average Bonchev–Trinajstić information content (AvgIpc) is 2.83. The first-order valence-electron chi connectivity index (χ1n) is 5.77. The molecule has 1 amide bonds. The number of halogens is 1. The number of pyridine rings is 1. The van der Waals surface area contributed by atoms with Gasteiger partial charge in [0, 0.05) is 23.7 Å². The van der Waals surface area contributed by atoms with Crippen molar-refractivity contribution in [3.8, 4) is 0 Å². The zero-order valence-electron chi connectivity index (χ0n) is 9.49. The third-order valence-corrected chi connectivity index (χ3v) is 3.18. The first kappa shape index (κ1) is 12.5. The van der Waals surface area contributed by atoms with Crippen molar-refractivity contribution in [1.29, 1.82) is 0 Å². The SMILES string of the molecule is O=C(CCC1CCCO1)Nc1ccc(Br)cn1. The van der Waals surface area contributed by atoms with Crippen molar-refractivity contribution in [3.05, 3.63) is 22.8 Å². The second-order valence-electron chi connectivity index (χ2n) is 4.08. The van der Waals surface area contributed by atoms with Crippen LogP contribution in [0.4, 0.5) is 5.82 Å². The molecule has 0 saturated carbocycles. The summed E-state index contributed by atoms with van der Waals surface area (Å²) < 4.78 is 6.37. The maximum absolute atomic E-state index is 11.6. The number of hydrogen-bond donors (Lipinski definition) is 1. The number of amides is 1. The number of nitrogens with zero attached hydrogens (tertiary/aromatic N) is 1. The molecule has 0 aliphatic carbocycles. The number of carbonyl (C=O) groups excluding carboxylic acids is 1. The first-order chi connectivity index (χ1) is 8.24. The van der Waals surface area contributed by atoms with E-state index in [-0.39, 0.29) is 12.0 Å².